The molecule has 1 heterocycles. The largest absolute Gasteiger partial charge is 0.370 e. The van der Waals surface area contributed by atoms with Gasteiger partial charge in [0.15, 0.2) is 0 Å². The Labute approximate surface area is 96.6 Å². The first-order valence-electron chi connectivity index (χ1n) is 5.59. The molecule has 0 radical (unpaired) electrons. The maximum Gasteiger partial charge on any atom is 0.217 e. The number of nitrogens with one attached hydrogen (secondary N) is 1. The maximum atomic E-state index is 10.5. The van der Waals surface area contributed by atoms with E-state index in [-0.39, 0.29) is 5.91 Å². The lowest BCUT2D eigenvalue weighted by Crippen LogP contribution is -2.40. The second-order valence-electron chi connectivity index (χ2n) is 5.10. The summed E-state index contributed by atoms with van der Waals surface area (Å²) < 4.78 is 0. The fraction of sp³-hybridized carbons (Fsp3) is 0.909. The number of nitrogens with two attached hydrogens (primary N) is 1. The van der Waals surface area contributed by atoms with Gasteiger partial charge < -0.3 is 11.1 Å². The lowest BCUT2D eigenvalue weighted by atomic mass is 9.88. The monoisotopic (exact) mass is 230 g/mol. The smallest absolute Gasteiger partial charge is 0.217 e. The highest BCUT2D eigenvalue weighted by Crippen LogP contribution is 2.33. The molecule has 3 nitrogen and oxygen atoms in total. The molecule has 1 unspecified atom stereocenters. The Bertz CT molecular complexity index is 219. The predicted molar refractivity (Wildman–Crippen MR) is 65.9 cm³/mol. The third-order valence-electron chi connectivity index (χ3n) is 2.64. The fourth-order valence-corrected chi connectivity index (χ4v) is 3.27. The van der Waals surface area contributed by atoms with Crippen molar-refractivity contribution in [1.82, 2.24) is 5.32 Å². The van der Waals surface area contributed by atoms with Crippen molar-refractivity contribution >= 4 is 17.7 Å². The van der Waals surface area contributed by atoms with Crippen LogP contribution in [0.4, 0.5) is 0 Å². The van der Waals surface area contributed by atoms with Crippen LogP contribution < -0.4 is 11.1 Å². The number of carbonyl (C=O) groups excluding carboxylic acids is 1. The molecule has 0 aromatic heterocycles. The van der Waals surface area contributed by atoms with Crippen LogP contribution in [0.3, 0.4) is 0 Å². The first-order chi connectivity index (χ1) is 6.99. The van der Waals surface area contributed by atoms with Crippen LogP contribution in [0.25, 0.3) is 0 Å². The average Bonchev–Trinajstić information content (AvgIpc) is 2.10. The van der Waals surface area contributed by atoms with Crippen molar-refractivity contribution in [1.29, 1.82) is 0 Å². The van der Waals surface area contributed by atoms with Crippen molar-refractivity contribution in [2.24, 2.45) is 11.1 Å². The molecule has 0 spiro atoms. The molecule has 1 atom stereocenters. The van der Waals surface area contributed by atoms with Gasteiger partial charge in [0, 0.05) is 18.2 Å². The van der Waals surface area contributed by atoms with Crippen LogP contribution in [0, 0.1) is 5.41 Å². The Morgan fingerprint density at radius 2 is 2.33 bits per heavy atom. The van der Waals surface area contributed by atoms with Crippen LogP contribution in [-0.2, 0) is 4.79 Å². The quantitative estimate of drug-likeness (QED) is 0.701. The molecule has 1 amide bonds. The Kier molecular flexibility index (Phi) is 4.93. The number of hydrogen-bond acceptors (Lipinski definition) is 3. The fourth-order valence-electron chi connectivity index (χ4n) is 1.96. The van der Waals surface area contributed by atoms with E-state index in [1.807, 2.05) is 11.8 Å². The summed E-state index contributed by atoms with van der Waals surface area (Å²) in [5.74, 6) is 2.25. The summed E-state index contributed by atoms with van der Waals surface area (Å²) in [4.78, 5) is 10.5. The van der Waals surface area contributed by atoms with Gasteiger partial charge in [0.1, 0.15) is 0 Å². The van der Waals surface area contributed by atoms with Crippen molar-refractivity contribution < 1.29 is 4.79 Å². The molecule has 1 aliphatic rings. The highest BCUT2D eigenvalue weighted by Gasteiger charge is 2.27. The SMILES string of the molecule is CC1(C)CSCC(NCCCC(N)=O)C1. The molecule has 4 heteroatoms. The Balaban J connectivity index is 2.13. The van der Waals surface area contributed by atoms with Crippen LogP contribution in [0.2, 0.25) is 0 Å². The van der Waals surface area contributed by atoms with Crippen molar-refractivity contribution in [3.8, 4) is 0 Å². The summed E-state index contributed by atoms with van der Waals surface area (Å²) >= 11 is 2.02. The van der Waals surface area contributed by atoms with Crippen LogP contribution in [0.5, 0.6) is 0 Å². The summed E-state index contributed by atoms with van der Waals surface area (Å²) in [7, 11) is 0. The molecule has 0 aromatic carbocycles. The number of carbonyl (C=O) groups is 1. The topological polar surface area (TPSA) is 55.1 Å². The summed E-state index contributed by atoms with van der Waals surface area (Å²) in [5, 5.41) is 3.50. The van der Waals surface area contributed by atoms with Gasteiger partial charge in [-0.25, -0.2) is 0 Å². The van der Waals surface area contributed by atoms with Gasteiger partial charge in [-0.15, -0.1) is 0 Å². The first-order valence-corrected chi connectivity index (χ1v) is 6.74. The van der Waals surface area contributed by atoms with Crippen molar-refractivity contribution in [3.63, 3.8) is 0 Å². The molecule has 0 aliphatic carbocycles. The molecule has 0 bridgehead atoms. The van der Waals surface area contributed by atoms with E-state index in [1.54, 1.807) is 0 Å². The number of hydrogen-bond donors (Lipinski definition) is 2. The van der Waals surface area contributed by atoms with E-state index in [9.17, 15) is 4.79 Å². The van der Waals surface area contributed by atoms with E-state index < -0.39 is 0 Å². The number of rotatable bonds is 5. The molecule has 0 saturated carbocycles. The number of amides is 1. The maximum absolute atomic E-state index is 10.5. The highest BCUT2D eigenvalue weighted by atomic mass is 32.2. The van der Waals surface area contributed by atoms with Gasteiger partial charge >= 0.3 is 0 Å². The lowest BCUT2D eigenvalue weighted by molar-refractivity contribution is -0.118. The zero-order chi connectivity index (χ0) is 11.3. The molecule has 1 saturated heterocycles. The molecule has 1 aliphatic heterocycles. The van der Waals surface area contributed by atoms with E-state index in [0.717, 1.165) is 13.0 Å². The summed E-state index contributed by atoms with van der Waals surface area (Å²) in [6.45, 7) is 5.54. The van der Waals surface area contributed by atoms with Crippen LogP contribution in [0.1, 0.15) is 33.1 Å². The van der Waals surface area contributed by atoms with Crippen LogP contribution in [0.15, 0.2) is 0 Å². The van der Waals surface area contributed by atoms with Crippen molar-refractivity contribution in [2.45, 2.75) is 39.2 Å². The van der Waals surface area contributed by atoms with Crippen LogP contribution in [-0.4, -0.2) is 30.0 Å². The zero-order valence-electron chi connectivity index (χ0n) is 9.71. The normalized spacial score (nSPS) is 25.1. The Morgan fingerprint density at radius 3 is 2.93 bits per heavy atom. The van der Waals surface area contributed by atoms with Gasteiger partial charge in [-0.1, -0.05) is 13.8 Å². The van der Waals surface area contributed by atoms with E-state index in [0.29, 0.717) is 17.9 Å². The number of thioether (sulfide) groups is 1. The molecule has 0 aromatic rings. The highest BCUT2D eigenvalue weighted by molar-refractivity contribution is 7.99. The molecular weight excluding hydrogens is 208 g/mol. The Morgan fingerprint density at radius 1 is 1.60 bits per heavy atom. The predicted octanol–water partition coefficient (Wildman–Crippen LogP) is 1.37. The molecule has 88 valence electrons. The van der Waals surface area contributed by atoms with Crippen molar-refractivity contribution in [3.05, 3.63) is 0 Å². The summed E-state index contributed by atoms with van der Waals surface area (Å²) in [5.41, 5.74) is 5.53. The lowest BCUT2D eigenvalue weighted by Gasteiger charge is -2.35. The minimum atomic E-state index is -0.199. The van der Waals surface area contributed by atoms with Crippen LogP contribution >= 0.6 is 11.8 Å². The number of primary amides is 1. The summed E-state index contributed by atoms with van der Waals surface area (Å²) in [6.07, 6.45) is 2.59. The molecule has 15 heavy (non-hydrogen) atoms. The standard InChI is InChI=1S/C11H22N2OS/c1-11(2)6-9(7-15-8-11)13-5-3-4-10(12)14/h9,13H,3-8H2,1-2H3,(H2,12,14). The van der Waals surface area contributed by atoms with Gasteiger partial charge in [0.2, 0.25) is 5.91 Å². The third-order valence-corrected chi connectivity index (χ3v) is 4.27. The minimum Gasteiger partial charge on any atom is -0.370 e. The van der Waals surface area contributed by atoms with Gasteiger partial charge in [0.25, 0.3) is 0 Å². The second-order valence-corrected chi connectivity index (χ2v) is 6.13. The van der Waals surface area contributed by atoms with Gasteiger partial charge in [-0.3, -0.25) is 4.79 Å². The first kappa shape index (κ1) is 12.8. The zero-order valence-corrected chi connectivity index (χ0v) is 10.5. The van der Waals surface area contributed by atoms with Gasteiger partial charge in [-0.2, -0.15) is 11.8 Å². The third kappa shape index (κ3) is 5.42. The van der Waals surface area contributed by atoms with Crippen molar-refractivity contribution in [2.75, 3.05) is 18.1 Å². The molecular formula is C11H22N2OS. The van der Waals surface area contributed by atoms with Gasteiger partial charge in [-0.05, 0) is 30.6 Å². The summed E-state index contributed by atoms with van der Waals surface area (Å²) in [6, 6.07) is 0.603. The Hall–Kier alpha value is -0.220. The van der Waals surface area contributed by atoms with E-state index in [2.05, 4.69) is 19.2 Å². The molecule has 1 rings (SSSR count). The molecule has 1 fully saturated rings. The minimum absolute atomic E-state index is 0.199. The second kappa shape index (κ2) is 5.75. The molecule has 3 N–H and O–H groups in total. The van der Waals surface area contributed by atoms with Gasteiger partial charge in [0.05, 0.1) is 0 Å². The van der Waals surface area contributed by atoms with E-state index in [1.165, 1.54) is 17.9 Å². The van der Waals surface area contributed by atoms with E-state index >= 15 is 0 Å². The average molecular weight is 230 g/mol. The van der Waals surface area contributed by atoms with E-state index in [4.69, 9.17) is 5.73 Å².